The molecule has 0 unspecified atom stereocenters. The van der Waals surface area contributed by atoms with Gasteiger partial charge in [-0.05, 0) is 59.7 Å². The van der Waals surface area contributed by atoms with Crippen LogP contribution < -0.4 is 14.4 Å². The molecular formula is C24H25NO6. The molecule has 7 heteroatoms. The fourth-order valence-electron chi connectivity index (χ4n) is 3.13. The number of fused-ring (bicyclic) bond motifs is 1. The molecule has 0 saturated carbocycles. The molecule has 1 amide bonds. The smallest absolute Gasteiger partial charge is 0.416 e. The molecule has 31 heavy (non-hydrogen) atoms. The molecule has 3 aromatic rings. The van der Waals surface area contributed by atoms with Crippen LogP contribution in [0.25, 0.3) is 10.8 Å². The van der Waals surface area contributed by atoms with E-state index in [1.54, 1.807) is 45.4 Å². The average Bonchev–Trinajstić information content (AvgIpc) is 2.82. The van der Waals surface area contributed by atoms with Crippen LogP contribution in [0.2, 0.25) is 0 Å². The highest BCUT2D eigenvalue weighted by atomic mass is 16.6. The Kier molecular flexibility index (Phi) is 6.97. The third-order valence-corrected chi connectivity index (χ3v) is 5.04. The summed E-state index contributed by atoms with van der Waals surface area (Å²) in [6.07, 6.45) is -0.634. The van der Waals surface area contributed by atoms with Gasteiger partial charge in [0.25, 0.3) is 0 Å². The lowest BCUT2D eigenvalue weighted by molar-refractivity contribution is -0.144. The molecule has 162 valence electrons. The van der Waals surface area contributed by atoms with Gasteiger partial charge in [0.1, 0.15) is 11.5 Å². The topological polar surface area (TPSA) is 74.3 Å². The molecule has 3 rings (SSSR count). The molecule has 0 bridgehead atoms. The fraction of sp³-hybridized carbons (Fsp3) is 0.250. The van der Waals surface area contributed by atoms with Gasteiger partial charge in [-0.2, -0.15) is 0 Å². The maximum Gasteiger partial charge on any atom is 0.416 e. The Balaban J connectivity index is 1.72. The van der Waals surface area contributed by atoms with Gasteiger partial charge in [0.2, 0.25) is 0 Å². The van der Waals surface area contributed by atoms with Crippen molar-refractivity contribution >= 4 is 28.5 Å². The van der Waals surface area contributed by atoms with E-state index in [1.807, 2.05) is 36.4 Å². The van der Waals surface area contributed by atoms with Gasteiger partial charge in [-0.1, -0.05) is 24.3 Å². The van der Waals surface area contributed by atoms with Crippen LogP contribution in [0.15, 0.2) is 60.7 Å². The Morgan fingerprint density at radius 2 is 1.45 bits per heavy atom. The summed E-state index contributed by atoms with van der Waals surface area (Å²) >= 11 is 0. The third-order valence-electron chi connectivity index (χ3n) is 5.04. The molecule has 0 saturated heterocycles. The Morgan fingerprint density at radius 1 is 0.839 bits per heavy atom. The first-order chi connectivity index (χ1) is 15.0. The Labute approximate surface area is 181 Å². The summed E-state index contributed by atoms with van der Waals surface area (Å²) < 4.78 is 20.6. The summed E-state index contributed by atoms with van der Waals surface area (Å²) in [6, 6.07) is 18.3. The summed E-state index contributed by atoms with van der Waals surface area (Å²) in [6.45, 7) is 1.50. The molecule has 0 radical (unpaired) electrons. The maximum atomic E-state index is 12.7. The maximum absolute atomic E-state index is 12.7. The minimum absolute atomic E-state index is 0.271. The van der Waals surface area contributed by atoms with E-state index >= 15 is 0 Å². The first-order valence-corrected chi connectivity index (χ1v) is 9.70. The van der Waals surface area contributed by atoms with E-state index in [1.165, 1.54) is 12.0 Å². The van der Waals surface area contributed by atoms with Crippen molar-refractivity contribution < 1.29 is 28.5 Å². The number of anilines is 1. The van der Waals surface area contributed by atoms with Crippen molar-refractivity contribution in [2.75, 3.05) is 33.0 Å². The summed E-state index contributed by atoms with van der Waals surface area (Å²) in [4.78, 5) is 26.1. The van der Waals surface area contributed by atoms with Crippen molar-refractivity contribution in [2.45, 2.75) is 12.8 Å². The molecule has 0 aliphatic carbocycles. The van der Waals surface area contributed by atoms with E-state index in [9.17, 15) is 9.59 Å². The number of rotatable bonds is 7. The van der Waals surface area contributed by atoms with Crippen LogP contribution in [0.1, 0.15) is 18.4 Å². The minimum atomic E-state index is -0.634. The van der Waals surface area contributed by atoms with E-state index < -0.39 is 18.0 Å². The van der Waals surface area contributed by atoms with Gasteiger partial charge in [0.15, 0.2) is 6.73 Å². The first-order valence-electron chi connectivity index (χ1n) is 9.70. The highest BCUT2D eigenvalue weighted by Gasteiger charge is 2.22. The normalized spacial score (nSPS) is 11.5. The molecule has 0 aliphatic heterocycles. The summed E-state index contributed by atoms with van der Waals surface area (Å²) in [5, 5.41) is 2.01. The number of hydrogen-bond acceptors (Lipinski definition) is 6. The van der Waals surface area contributed by atoms with Gasteiger partial charge in [-0.25, -0.2) is 9.69 Å². The monoisotopic (exact) mass is 423 g/mol. The SMILES string of the molecule is COC(=O)N(COC(=O)[C@@H](C)c1ccc2cc(OC)ccc2c1)c1ccc(OC)cc1. The van der Waals surface area contributed by atoms with Gasteiger partial charge in [-0.3, -0.25) is 4.79 Å². The second-order valence-electron chi connectivity index (χ2n) is 6.88. The van der Waals surface area contributed by atoms with Crippen LogP contribution in [0, 0.1) is 0 Å². The summed E-state index contributed by atoms with van der Waals surface area (Å²) in [5.41, 5.74) is 1.34. The van der Waals surface area contributed by atoms with E-state index in [2.05, 4.69) is 0 Å². The number of carbonyl (C=O) groups is 2. The van der Waals surface area contributed by atoms with Crippen LogP contribution in [-0.2, 0) is 14.3 Å². The van der Waals surface area contributed by atoms with Gasteiger partial charge in [-0.15, -0.1) is 0 Å². The van der Waals surface area contributed by atoms with Crippen molar-refractivity contribution in [1.29, 1.82) is 0 Å². The fourth-order valence-corrected chi connectivity index (χ4v) is 3.13. The lowest BCUT2D eigenvalue weighted by atomic mass is 9.98. The van der Waals surface area contributed by atoms with Crippen LogP contribution in [-0.4, -0.2) is 40.1 Å². The molecule has 1 atom stereocenters. The lowest BCUT2D eigenvalue weighted by Crippen LogP contribution is -2.34. The number of hydrogen-bond donors (Lipinski definition) is 0. The van der Waals surface area contributed by atoms with Crippen molar-refractivity contribution in [3.63, 3.8) is 0 Å². The minimum Gasteiger partial charge on any atom is -0.497 e. The predicted molar refractivity (Wildman–Crippen MR) is 118 cm³/mol. The van der Waals surface area contributed by atoms with Crippen molar-refractivity contribution in [2.24, 2.45) is 0 Å². The standard InChI is InChI=1S/C24H25NO6/c1-16(17-5-6-19-14-22(29-3)10-7-18(19)13-17)23(26)31-15-25(24(27)30-4)20-8-11-21(28-2)12-9-20/h5-14,16H,15H2,1-4H3/t16-/m0/s1. The molecular weight excluding hydrogens is 398 g/mol. The van der Waals surface area contributed by atoms with Gasteiger partial charge >= 0.3 is 12.1 Å². The molecule has 0 heterocycles. The molecule has 0 spiro atoms. The van der Waals surface area contributed by atoms with Crippen LogP contribution in [0.5, 0.6) is 11.5 Å². The number of amides is 1. The van der Waals surface area contributed by atoms with Crippen molar-refractivity contribution in [1.82, 2.24) is 0 Å². The number of methoxy groups -OCH3 is 3. The molecule has 0 aliphatic rings. The Bertz CT molecular complexity index is 1060. The van der Waals surface area contributed by atoms with Crippen LogP contribution in [0.3, 0.4) is 0 Å². The largest absolute Gasteiger partial charge is 0.497 e. The Hall–Kier alpha value is -3.74. The van der Waals surface area contributed by atoms with Crippen LogP contribution in [0.4, 0.5) is 10.5 Å². The molecule has 0 N–H and O–H groups in total. The second-order valence-corrected chi connectivity index (χ2v) is 6.88. The van der Waals surface area contributed by atoms with Crippen molar-refractivity contribution in [3.8, 4) is 11.5 Å². The van der Waals surface area contributed by atoms with E-state index in [-0.39, 0.29) is 6.73 Å². The molecule has 0 fully saturated rings. The van der Waals surface area contributed by atoms with E-state index in [0.717, 1.165) is 22.1 Å². The van der Waals surface area contributed by atoms with E-state index in [0.29, 0.717) is 11.4 Å². The molecule has 0 aromatic heterocycles. The predicted octanol–water partition coefficient (Wildman–Crippen LogP) is 4.73. The zero-order chi connectivity index (χ0) is 22.4. The lowest BCUT2D eigenvalue weighted by Gasteiger charge is -2.22. The average molecular weight is 423 g/mol. The quantitative estimate of drug-likeness (QED) is 0.404. The van der Waals surface area contributed by atoms with Crippen molar-refractivity contribution in [3.05, 3.63) is 66.2 Å². The van der Waals surface area contributed by atoms with E-state index in [4.69, 9.17) is 18.9 Å². The highest BCUT2D eigenvalue weighted by Crippen LogP contribution is 2.26. The Morgan fingerprint density at radius 3 is 2.10 bits per heavy atom. The first kappa shape index (κ1) is 22.0. The number of benzene rings is 3. The summed E-state index contributed by atoms with van der Waals surface area (Å²) in [7, 11) is 4.45. The second kappa shape index (κ2) is 9.84. The van der Waals surface area contributed by atoms with Gasteiger partial charge < -0.3 is 18.9 Å². The zero-order valence-electron chi connectivity index (χ0n) is 18.0. The van der Waals surface area contributed by atoms with Gasteiger partial charge in [0.05, 0.1) is 32.9 Å². The molecule has 3 aromatic carbocycles. The number of carbonyl (C=O) groups excluding carboxylic acids is 2. The number of ether oxygens (including phenoxy) is 4. The number of nitrogens with zero attached hydrogens (tertiary/aromatic N) is 1. The number of esters is 1. The highest BCUT2D eigenvalue weighted by molar-refractivity contribution is 5.89. The van der Waals surface area contributed by atoms with Crippen LogP contribution >= 0.6 is 0 Å². The zero-order valence-corrected chi connectivity index (χ0v) is 18.0. The third kappa shape index (κ3) is 5.06. The summed E-state index contributed by atoms with van der Waals surface area (Å²) in [5.74, 6) is 0.458. The molecule has 7 nitrogen and oxygen atoms in total. The van der Waals surface area contributed by atoms with Gasteiger partial charge in [0, 0.05) is 0 Å².